The first kappa shape index (κ1) is 21.2. The highest BCUT2D eigenvalue weighted by Gasteiger charge is 2.31. The van der Waals surface area contributed by atoms with Gasteiger partial charge in [-0.3, -0.25) is 10.1 Å². The van der Waals surface area contributed by atoms with Crippen LogP contribution in [0.4, 0.5) is 30.2 Å². The molecule has 1 aliphatic heterocycles. The first-order chi connectivity index (χ1) is 14.3. The maximum absolute atomic E-state index is 13.8. The zero-order valence-corrected chi connectivity index (χ0v) is 16.2. The summed E-state index contributed by atoms with van der Waals surface area (Å²) in [6, 6.07) is 9.07. The quantitative estimate of drug-likeness (QED) is 0.497. The molecule has 0 radical (unpaired) electrons. The van der Waals surface area contributed by atoms with Gasteiger partial charge in [-0.1, -0.05) is 25.1 Å². The lowest BCUT2D eigenvalue weighted by atomic mass is 10.1. The Morgan fingerprint density at radius 1 is 1.37 bits per heavy atom. The molecular weight excluding hydrogens is 403 g/mol. The summed E-state index contributed by atoms with van der Waals surface area (Å²) in [5.41, 5.74) is 0.915. The number of aryl methyl sites for hydroxylation is 1. The Kier molecular flexibility index (Phi) is 6.28. The van der Waals surface area contributed by atoms with E-state index in [1.807, 2.05) is 19.1 Å². The normalized spacial score (nSPS) is 15.1. The summed E-state index contributed by atoms with van der Waals surface area (Å²) in [5, 5.41) is 16.7. The molecule has 1 aliphatic rings. The minimum absolute atomic E-state index is 0.0341. The summed E-state index contributed by atoms with van der Waals surface area (Å²) in [4.78, 5) is 15.8. The number of rotatable bonds is 8. The number of nitro groups is 1. The summed E-state index contributed by atoms with van der Waals surface area (Å²) in [6.45, 7) is 1.40. The van der Waals surface area contributed by atoms with Crippen LogP contribution in [0.3, 0.4) is 0 Å². The largest absolute Gasteiger partial charge is 0.494 e. The average molecular weight is 423 g/mol. The number of nitro benzene ring substituents is 1. The maximum Gasteiger partial charge on any atom is 0.307 e. The highest BCUT2D eigenvalue weighted by Crippen LogP contribution is 2.32. The van der Waals surface area contributed by atoms with E-state index in [0.717, 1.165) is 17.7 Å². The fourth-order valence-corrected chi connectivity index (χ4v) is 3.11. The number of ether oxygens (including phenoxy) is 1. The maximum atomic E-state index is 13.8. The van der Waals surface area contributed by atoms with Crippen molar-refractivity contribution in [2.75, 3.05) is 23.9 Å². The lowest BCUT2D eigenvalue weighted by Gasteiger charge is -2.38. The number of benzene rings is 2. The fourth-order valence-electron chi connectivity index (χ4n) is 3.11. The van der Waals surface area contributed by atoms with Gasteiger partial charge in [-0.25, -0.2) is 13.8 Å². The molecule has 0 aromatic heterocycles. The van der Waals surface area contributed by atoms with Gasteiger partial charge in [0.25, 0.3) is 6.43 Å². The Morgan fingerprint density at radius 2 is 2.07 bits per heavy atom. The Balaban J connectivity index is 1.84. The van der Waals surface area contributed by atoms with Crippen LogP contribution in [-0.4, -0.2) is 37.3 Å². The molecule has 1 atom stereocenters. The molecule has 30 heavy (non-hydrogen) atoms. The van der Waals surface area contributed by atoms with Crippen LogP contribution < -0.4 is 20.3 Å². The van der Waals surface area contributed by atoms with Crippen LogP contribution in [0.2, 0.25) is 0 Å². The Hall–Kier alpha value is -3.50. The van der Waals surface area contributed by atoms with Gasteiger partial charge < -0.3 is 20.3 Å². The number of guanidine groups is 1. The summed E-state index contributed by atoms with van der Waals surface area (Å²) in [5.74, 6) is -0.817. The van der Waals surface area contributed by atoms with Gasteiger partial charge in [-0.05, 0) is 18.1 Å². The predicted octanol–water partition coefficient (Wildman–Crippen LogP) is 3.73. The third kappa shape index (κ3) is 4.39. The smallest absolute Gasteiger partial charge is 0.307 e. The number of anilines is 2. The topological polar surface area (TPSA) is 92.0 Å². The van der Waals surface area contributed by atoms with Crippen LogP contribution >= 0.6 is 0 Å². The molecule has 160 valence electrons. The number of hydrogen-bond acceptors (Lipinski definition) is 7. The SMILES string of the molecule is CCc1ccccc1N(CC(F)F)C1N=C(Nc2cc([N+](=O)[O-])c(F)cc2OC)N1. The molecule has 0 aliphatic carbocycles. The highest BCUT2D eigenvalue weighted by molar-refractivity contribution is 5.98. The lowest BCUT2D eigenvalue weighted by Crippen LogP contribution is -2.58. The van der Waals surface area contributed by atoms with E-state index in [1.54, 1.807) is 12.1 Å². The van der Waals surface area contributed by atoms with Gasteiger partial charge in [0.15, 0.2) is 0 Å². The summed E-state index contributed by atoms with van der Waals surface area (Å²) in [6.07, 6.45) is -2.67. The molecule has 2 aromatic rings. The Labute approximate surface area is 170 Å². The molecule has 1 heterocycles. The number of alkyl halides is 2. The Morgan fingerprint density at radius 3 is 2.67 bits per heavy atom. The van der Waals surface area contributed by atoms with Crippen LogP contribution in [0.1, 0.15) is 12.5 Å². The standard InChI is InChI=1S/C19H20F3N5O3/c1-3-11-6-4-5-7-14(11)26(10-17(21)22)19-24-18(25-19)23-13-9-15(27(28)29)12(20)8-16(13)30-2/h4-9,17,19H,3,10H2,1-2H3,(H2,23,24,25). The van der Waals surface area contributed by atoms with E-state index in [0.29, 0.717) is 12.1 Å². The molecule has 0 bridgehead atoms. The second-order valence-corrected chi connectivity index (χ2v) is 6.41. The van der Waals surface area contributed by atoms with E-state index in [-0.39, 0.29) is 17.4 Å². The minimum Gasteiger partial charge on any atom is -0.494 e. The number of aliphatic imine (C=N–C) groups is 1. The number of halogens is 3. The number of nitrogens with one attached hydrogen (secondary N) is 2. The van der Waals surface area contributed by atoms with E-state index in [9.17, 15) is 23.3 Å². The van der Waals surface area contributed by atoms with E-state index < -0.39 is 35.7 Å². The van der Waals surface area contributed by atoms with E-state index in [2.05, 4.69) is 15.6 Å². The third-order valence-electron chi connectivity index (χ3n) is 4.55. The zero-order valence-electron chi connectivity index (χ0n) is 16.2. The van der Waals surface area contributed by atoms with Gasteiger partial charge in [-0.2, -0.15) is 4.39 Å². The van der Waals surface area contributed by atoms with Crippen molar-refractivity contribution in [3.05, 3.63) is 57.9 Å². The van der Waals surface area contributed by atoms with Gasteiger partial charge in [0.2, 0.25) is 18.1 Å². The van der Waals surface area contributed by atoms with Crippen molar-refractivity contribution in [1.29, 1.82) is 0 Å². The molecule has 2 aromatic carbocycles. The second-order valence-electron chi connectivity index (χ2n) is 6.41. The van der Waals surface area contributed by atoms with Crippen molar-refractivity contribution < 1.29 is 22.8 Å². The molecular formula is C19H20F3N5O3. The Bertz CT molecular complexity index is 970. The molecule has 0 saturated heterocycles. The van der Waals surface area contributed by atoms with Crippen molar-refractivity contribution >= 4 is 23.0 Å². The monoisotopic (exact) mass is 423 g/mol. The van der Waals surface area contributed by atoms with E-state index in [1.165, 1.54) is 12.0 Å². The van der Waals surface area contributed by atoms with E-state index in [4.69, 9.17) is 4.74 Å². The van der Waals surface area contributed by atoms with E-state index >= 15 is 0 Å². The molecule has 11 heteroatoms. The van der Waals surface area contributed by atoms with Crippen LogP contribution in [-0.2, 0) is 6.42 Å². The van der Waals surface area contributed by atoms with Crippen LogP contribution in [0.15, 0.2) is 41.4 Å². The molecule has 0 fully saturated rings. The predicted molar refractivity (Wildman–Crippen MR) is 107 cm³/mol. The molecule has 0 saturated carbocycles. The minimum atomic E-state index is -2.58. The second kappa shape index (κ2) is 8.89. The van der Waals surface area contributed by atoms with Crippen molar-refractivity contribution in [3.8, 4) is 5.75 Å². The van der Waals surface area contributed by atoms with Crippen LogP contribution in [0.25, 0.3) is 0 Å². The fraction of sp³-hybridized carbons (Fsp3) is 0.316. The van der Waals surface area contributed by atoms with Gasteiger partial charge in [0.05, 0.1) is 24.3 Å². The first-order valence-electron chi connectivity index (χ1n) is 9.10. The number of para-hydroxylation sites is 1. The van der Waals surface area contributed by atoms with Crippen LogP contribution in [0, 0.1) is 15.9 Å². The molecule has 2 N–H and O–H groups in total. The first-order valence-corrected chi connectivity index (χ1v) is 9.10. The third-order valence-corrected chi connectivity index (χ3v) is 4.55. The summed E-state index contributed by atoms with van der Waals surface area (Å²) >= 11 is 0. The molecule has 8 nitrogen and oxygen atoms in total. The van der Waals surface area contributed by atoms with Gasteiger partial charge in [0.1, 0.15) is 5.75 Å². The highest BCUT2D eigenvalue weighted by atomic mass is 19.3. The van der Waals surface area contributed by atoms with Crippen molar-refractivity contribution in [2.45, 2.75) is 26.1 Å². The summed E-state index contributed by atoms with van der Waals surface area (Å²) in [7, 11) is 1.29. The molecule has 1 unspecified atom stereocenters. The van der Waals surface area contributed by atoms with Crippen molar-refractivity contribution in [1.82, 2.24) is 5.32 Å². The van der Waals surface area contributed by atoms with Gasteiger partial charge >= 0.3 is 5.69 Å². The van der Waals surface area contributed by atoms with Gasteiger partial charge in [0, 0.05) is 17.8 Å². The number of methoxy groups -OCH3 is 1. The van der Waals surface area contributed by atoms with Crippen LogP contribution in [0.5, 0.6) is 5.75 Å². The molecule has 0 amide bonds. The van der Waals surface area contributed by atoms with Crippen molar-refractivity contribution in [3.63, 3.8) is 0 Å². The number of nitrogens with zero attached hydrogens (tertiary/aromatic N) is 3. The average Bonchev–Trinajstić information content (AvgIpc) is 2.69. The van der Waals surface area contributed by atoms with Crippen molar-refractivity contribution in [2.24, 2.45) is 4.99 Å². The molecule has 3 rings (SSSR count). The zero-order chi connectivity index (χ0) is 21.8. The number of hydrogen-bond donors (Lipinski definition) is 2. The van der Waals surface area contributed by atoms with Gasteiger partial charge in [-0.15, -0.1) is 0 Å². The summed E-state index contributed by atoms with van der Waals surface area (Å²) < 4.78 is 45.2. The molecule has 0 spiro atoms. The lowest BCUT2D eigenvalue weighted by molar-refractivity contribution is -0.387.